The zero-order chi connectivity index (χ0) is 9.90. The molecule has 0 saturated carbocycles. The highest BCUT2D eigenvalue weighted by atomic mass is 32.1. The highest BCUT2D eigenvalue weighted by molar-refractivity contribution is 7.80. The van der Waals surface area contributed by atoms with Crippen molar-refractivity contribution in [1.29, 1.82) is 0 Å². The second kappa shape index (κ2) is 3.91. The summed E-state index contributed by atoms with van der Waals surface area (Å²) in [4.78, 5) is 0. The van der Waals surface area contributed by atoms with Crippen LogP contribution in [0.4, 0.5) is 18.9 Å². The number of nitrogens with one attached hydrogen (secondary N) is 1. The fourth-order valence-electron chi connectivity index (χ4n) is 0.970. The zero-order valence-electron chi connectivity index (χ0n) is 6.60. The molecule has 1 aromatic rings. The Labute approximate surface area is 79.4 Å². The molecule has 0 saturated heterocycles. The molecule has 0 aliphatic heterocycles. The van der Waals surface area contributed by atoms with Gasteiger partial charge in [0, 0.05) is 5.69 Å². The molecule has 0 radical (unpaired) electrons. The molecule has 0 fully saturated rings. The first-order valence-corrected chi connectivity index (χ1v) is 4.20. The lowest BCUT2D eigenvalue weighted by molar-refractivity contribution is -0.136. The van der Waals surface area contributed by atoms with E-state index in [-0.39, 0.29) is 11.6 Å². The molecule has 0 unspecified atom stereocenters. The van der Waals surface area contributed by atoms with Crippen LogP contribution in [0.5, 0.6) is 0 Å². The van der Waals surface area contributed by atoms with Gasteiger partial charge in [-0.1, -0.05) is 12.1 Å². The lowest BCUT2D eigenvalue weighted by Crippen LogP contribution is -2.09. The van der Waals surface area contributed by atoms with Crippen molar-refractivity contribution in [3.8, 4) is 0 Å². The number of thiol groups is 1. The van der Waals surface area contributed by atoms with Crippen LogP contribution in [-0.2, 0) is 6.18 Å². The van der Waals surface area contributed by atoms with Gasteiger partial charge in [0.05, 0.1) is 11.4 Å². The van der Waals surface area contributed by atoms with E-state index >= 15 is 0 Å². The largest absolute Gasteiger partial charge is 0.418 e. The second-order valence-electron chi connectivity index (χ2n) is 2.38. The Bertz CT molecular complexity index is 285. The van der Waals surface area contributed by atoms with Crippen molar-refractivity contribution in [1.82, 2.24) is 0 Å². The van der Waals surface area contributed by atoms with Gasteiger partial charge < -0.3 is 5.32 Å². The minimum absolute atomic E-state index is 0.0602. The number of hydrogen-bond acceptors (Lipinski definition) is 2. The second-order valence-corrected chi connectivity index (χ2v) is 2.69. The predicted octanol–water partition coefficient (Wildman–Crippen LogP) is 3.00. The van der Waals surface area contributed by atoms with Crippen LogP contribution in [0.25, 0.3) is 0 Å². The van der Waals surface area contributed by atoms with Crippen molar-refractivity contribution < 1.29 is 13.2 Å². The van der Waals surface area contributed by atoms with E-state index in [2.05, 4.69) is 17.9 Å². The number of halogens is 3. The summed E-state index contributed by atoms with van der Waals surface area (Å²) in [6, 6.07) is 5.30. The molecule has 0 amide bonds. The van der Waals surface area contributed by atoms with Gasteiger partial charge in [0.1, 0.15) is 0 Å². The third kappa shape index (κ3) is 2.55. The Morgan fingerprint density at radius 3 is 2.38 bits per heavy atom. The molecule has 72 valence electrons. The van der Waals surface area contributed by atoms with Crippen molar-refractivity contribution >= 4 is 18.3 Å². The van der Waals surface area contributed by atoms with Gasteiger partial charge in [-0.15, -0.1) is 0 Å². The number of hydrogen-bond donors (Lipinski definition) is 2. The fraction of sp³-hybridized carbons (Fsp3) is 0.250. The van der Waals surface area contributed by atoms with Gasteiger partial charge in [-0.2, -0.15) is 25.8 Å². The molecular weight excluding hydrogens is 199 g/mol. The van der Waals surface area contributed by atoms with Gasteiger partial charge in [0.15, 0.2) is 0 Å². The Hall–Kier alpha value is -0.840. The van der Waals surface area contributed by atoms with Crippen molar-refractivity contribution in [2.75, 3.05) is 11.2 Å². The molecule has 1 nitrogen and oxygen atoms in total. The van der Waals surface area contributed by atoms with Crippen LogP contribution < -0.4 is 5.32 Å². The molecular formula is C8H8F3NS. The normalized spacial score (nSPS) is 11.4. The number of alkyl halides is 3. The Morgan fingerprint density at radius 2 is 1.85 bits per heavy atom. The van der Waals surface area contributed by atoms with Gasteiger partial charge in [0.2, 0.25) is 0 Å². The van der Waals surface area contributed by atoms with Crippen LogP contribution in [0, 0.1) is 0 Å². The minimum atomic E-state index is -4.31. The summed E-state index contributed by atoms with van der Waals surface area (Å²) in [5.74, 6) is 0.174. The van der Waals surface area contributed by atoms with E-state index in [1.165, 1.54) is 12.1 Å². The summed E-state index contributed by atoms with van der Waals surface area (Å²) >= 11 is 3.80. The molecule has 1 N–H and O–H groups in total. The van der Waals surface area contributed by atoms with Crippen molar-refractivity contribution in [3.05, 3.63) is 29.8 Å². The molecule has 0 spiro atoms. The number of rotatable bonds is 2. The lowest BCUT2D eigenvalue weighted by Gasteiger charge is -2.12. The summed E-state index contributed by atoms with van der Waals surface area (Å²) in [6.45, 7) is 0. The molecule has 0 bridgehead atoms. The molecule has 0 aromatic heterocycles. The number of benzene rings is 1. The van der Waals surface area contributed by atoms with Crippen LogP contribution in [0.15, 0.2) is 24.3 Å². The van der Waals surface area contributed by atoms with E-state index < -0.39 is 11.7 Å². The quantitative estimate of drug-likeness (QED) is 0.561. The average Bonchev–Trinajstić information content (AvgIpc) is 2.04. The van der Waals surface area contributed by atoms with Crippen LogP contribution >= 0.6 is 12.6 Å². The van der Waals surface area contributed by atoms with Gasteiger partial charge >= 0.3 is 6.18 Å². The number of anilines is 1. The molecule has 0 atom stereocenters. The maximum atomic E-state index is 12.3. The standard InChI is InChI=1S/C8H8F3NS/c9-8(10,11)6-3-1-2-4-7(6)12-5-13/h1-4,12-13H,5H2. The number of para-hydroxylation sites is 1. The first-order valence-electron chi connectivity index (χ1n) is 3.56. The highest BCUT2D eigenvalue weighted by Crippen LogP contribution is 2.34. The smallest absolute Gasteiger partial charge is 0.376 e. The van der Waals surface area contributed by atoms with Gasteiger partial charge in [-0.05, 0) is 12.1 Å². The van der Waals surface area contributed by atoms with Gasteiger partial charge in [-0.3, -0.25) is 0 Å². The SMILES string of the molecule is FC(F)(F)c1ccccc1NCS. The fourth-order valence-corrected chi connectivity index (χ4v) is 1.14. The van der Waals surface area contributed by atoms with Crippen molar-refractivity contribution in [2.45, 2.75) is 6.18 Å². The average molecular weight is 207 g/mol. The molecule has 1 aromatic carbocycles. The summed E-state index contributed by atoms with van der Waals surface area (Å²) in [5, 5.41) is 2.53. The lowest BCUT2D eigenvalue weighted by atomic mass is 10.2. The molecule has 5 heteroatoms. The summed E-state index contributed by atoms with van der Waals surface area (Å²) in [5.41, 5.74) is -0.603. The van der Waals surface area contributed by atoms with Gasteiger partial charge in [0.25, 0.3) is 0 Å². The summed E-state index contributed by atoms with van der Waals surface area (Å²) < 4.78 is 36.9. The molecule has 0 aliphatic rings. The minimum Gasteiger partial charge on any atom is -0.376 e. The molecule has 1 rings (SSSR count). The zero-order valence-corrected chi connectivity index (χ0v) is 7.49. The van der Waals surface area contributed by atoms with Crippen molar-refractivity contribution in [3.63, 3.8) is 0 Å². The first-order chi connectivity index (χ1) is 6.05. The molecule has 0 heterocycles. The topological polar surface area (TPSA) is 12.0 Å². The molecule has 13 heavy (non-hydrogen) atoms. The Kier molecular flexibility index (Phi) is 3.08. The van der Waals surface area contributed by atoms with E-state index in [1.54, 1.807) is 6.07 Å². The van der Waals surface area contributed by atoms with Crippen LogP contribution in [0.2, 0.25) is 0 Å². The van der Waals surface area contributed by atoms with Crippen LogP contribution in [0.1, 0.15) is 5.56 Å². The third-order valence-corrected chi connectivity index (χ3v) is 1.66. The summed E-state index contributed by atoms with van der Waals surface area (Å²) in [6.07, 6.45) is -4.31. The summed E-state index contributed by atoms with van der Waals surface area (Å²) in [7, 11) is 0. The molecule has 0 aliphatic carbocycles. The van der Waals surface area contributed by atoms with E-state index in [9.17, 15) is 13.2 Å². The van der Waals surface area contributed by atoms with Gasteiger partial charge in [-0.25, -0.2) is 0 Å². The van der Waals surface area contributed by atoms with E-state index in [4.69, 9.17) is 0 Å². The monoisotopic (exact) mass is 207 g/mol. The van der Waals surface area contributed by atoms with E-state index in [0.717, 1.165) is 6.07 Å². The predicted molar refractivity (Wildman–Crippen MR) is 48.9 cm³/mol. The van der Waals surface area contributed by atoms with E-state index in [1.807, 2.05) is 0 Å². The van der Waals surface area contributed by atoms with Crippen LogP contribution in [0.3, 0.4) is 0 Å². The van der Waals surface area contributed by atoms with Crippen LogP contribution in [-0.4, -0.2) is 5.88 Å². The van der Waals surface area contributed by atoms with Crippen molar-refractivity contribution in [2.24, 2.45) is 0 Å². The Morgan fingerprint density at radius 1 is 1.23 bits per heavy atom. The van der Waals surface area contributed by atoms with E-state index in [0.29, 0.717) is 0 Å². The maximum Gasteiger partial charge on any atom is 0.418 e. The maximum absolute atomic E-state index is 12.3. The Balaban J connectivity index is 3.05. The highest BCUT2D eigenvalue weighted by Gasteiger charge is 2.32. The first kappa shape index (κ1) is 10.2. The third-order valence-electron chi connectivity index (χ3n) is 1.50.